The molecule has 0 rings (SSSR count). The molecule has 0 spiro atoms. The second-order valence-corrected chi connectivity index (χ2v) is 7.10. The SMILES string of the molecule is CCCCCCCCCCC(O)CC(O)(C(=O)O)C(O)(C(=O)O)C(O)C(=O)O. The molecule has 0 aliphatic rings. The summed E-state index contributed by atoms with van der Waals surface area (Å²) in [5.41, 5.74) is -7.57. The van der Waals surface area contributed by atoms with E-state index in [1.54, 1.807) is 0 Å². The van der Waals surface area contributed by atoms with Crippen molar-refractivity contribution in [1.82, 2.24) is 0 Å². The van der Waals surface area contributed by atoms with Crippen molar-refractivity contribution in [2.24, 2.45) is 0 Å². The molecule has 10 heteroatoms. The standard InChI is InChI=1S/C18H32O10/c1-2-3-4-5-6-7-8-9-10-12(19)11-17(27,15(23)24)18(28,16(25)26)13(20)14(21)22/h12-13,19-20,27-28H,2-11H2,1H3,(H,21,22)(H,23,24)(H,25,26). The summed E-state index contributed by atoms with van der Waals surface area (Å²) in [6, 6.07) is 0. The first-order valence-corrected chi connectivity index (χ1v) is 9.45. The van der Waals surface area contributed by atoms with Gasteiger partial charge in [-0.15, -0.1) is 0 Å². The zero-order chi connectivity index (χ0) is 22.0. The van der Waals surface area contributed by atoms with Gasteiger partial charge in [-0.3, -0.25) is 0 Å². The van der Waals surface area contributed by atoms with Crippen LogP contribution in [0.1, 0.15) is 71.1 Å². The third-order valence-corrected chi connectivity index (χ3v) is 4.86. The lowest BCUT2D eigenvalue weighted by Gasteiger charge is -2.39. The summed E-state index contributed by atoms with van der Waals surface area (Å²) in [5.74, 6) is -6.94. The van der Waals surface area contributed by atoms with E-state index in [0.29, 0.717) is 6.42 Å². The minimum atomic E-state index is -3.95. The van der Waals surface area contributed by atoms with Crippen LogP contribution < -0.4 is 0 Å². The first-order valence-electron chi connectivity index (χ1n) is 9.45. The van der Waals surface area contributed by atoms with Gasteiger partial charge in [0.05, 0.1) is 6.10 Å². The van der Waals surface area contributed by atoms with Gasteiger partial charge in [-0.1, -0.05) is 58.3 Å². The highest BCUT2D eigenvalue weighted by atomic mass is 16.5. The van der Waals surface area contributed by atoms with Gasteiger partial charge in [0.2, 0.25) is 11.2 Å². The average molecular weight is 408 g/mol. The average Bonchev–Trinajstić information content (AvgIpc) is 2.61. The smallest absolute Gasteiger partial charge is 0.342 e. The monoisotopic (exact) mass is 408 g/mol. The van der Waals surface area contributed by atoms with E-state index in [9.17, 15) is 39.9 Å². The van der Waals surface area contributed by atoms with Crippen LogP contribution in [0.4, 0.5) is 0 Å². The summed E-state index contributed by atoms with van der Waals surface area (Å²) < 4.78 is 0. The maximum absolute atomic E-state index is 11.4. The minimum absolute atomic E-state index is 0.0173. The molecule has 10 nitrogen and oxygen atoms in total. The minimum Gasteiger partial charge on any atom is -0.479 e. The van der Waals surface area contributed by atoms with Gasteiger partial charge < -0.3 is 35.7 Å². The zero-order valence-corrected chi connectivity index (χ0v) is 16.1. The first kappa shape index (κ1) is 26.2. The highest BCUT2D eigenvalue weighted by Crippen LogP contribution is 2.33. The van der Waals surface area contributed by atoms with E-state index in [-0.39, 0.29) is 6.42 Å². The van der Waals surface area contributed by atoms with Crippen molar-refractivity contribution >= 4 is 17.9 Å². The fourth-order valence-corrected chi connectivity index (χ4v) is 3.06. The van der Waals surface area contributed by atoms with Gasteiger partial charge in [0.1, 0.15) is 0 Å². The Hall–Kier alpha value is -1.75. The molecule has 0 amide bonds. The molecule has 0 radical (unpaired) electrons. The Bertz CT molecular complexity index is 522. The molecule has 4 atom stereocenters. The summed E-state index contributed by atoms with van der Waals surface area (Å²) in [6.07, 6.45) is 1.87. The topological polar surface area (TPSA) is 193 Å². The van der Waals surface area contributed by atoms with E-state index in [4.69, 9.17) is 10.2 Å². The molecular formula is C18H32O10. The van der Waals surface area contributed by atoms with Gasteiger partial charge in [-0.2, -0.15) is 0 Å². The Balaban J connectivity index is 4.92. The fraction of sp³-hybridized carbons (Fsp3) is 0.833. The zero-order valence-electron chi connectivity index (χ0n) is 16.1. The number of hydrogen-bond donors (Lipinski definition) is 7. The molecule has 0 aromatic heterocycles. The predicted molar refractivity (Wildman–Crippen MR) is 96.7 cm³/mol. The lowest BCUT2D eigenvalue weighted by atomic mass is 9.74. The van der Waals surface area contributed by atoms with Crippen molar-refractivity contribution in [3.63, 3.8) is 0 Å². The maximum Gasteiger partial charge on any atom is 0.342 e. The summed E-state index contributed by atoms with van der Waals surface area (Å²) in [5, 5.41) is 67.0. The molecule has 28 heavy (non-hydrogen) atoms. The molecule has 0 saturated heterocycles. The van der Waals surface area contributed by atoms with Crippen LogP contribution in [0.2, 0.25) is 0 Å². The van der Waals surface area contributed by atoms with Gasteiger partial charge in [0.25, 0.3) is 0 Å². The molecule has 0 heterocycles. The Kier molecular flexibility index (Phi) is 11.2. The second kappa shape index (κ2) is 11.9. The third kappa shape index (κ3) is 6.69. The summed E-state index contributed by atoms with van der Waals surface area (Å²) in [7, 11) is 0. The Morgan fingerprint density at radius 3 is 1.64 bits per heavy atom. The molecule has 7 N–H and O–H groups in total. The molecule has 164 valence electrons. The Labute approximate surface area is 163 Å². The van der Waals surface area contributed by atoms with Gasteiger partial charge in [0, 0.05) is 6.42 Å². The van der Waals surface area contributed by atoms with Crippen molar-refractivity contribution < 1.29 is 50.1 Å². The number of aliphatic hydroxyl groups excluding tert-OH is 2. The van der Waals surface area contributed by atoms with E-state index in [2.05, 4.69) is 6.92 Å². The van der Waals surface area contributed by atoms with Gasteiger partial charge >= 0.3 is 17.9 Å². The van der Waals surface area contributed by atoms with Crippen LogP contribution in [-0.4, -0.2) is 77.1 Å². The molecule has 0 bridgehead atoms. The molecule has 0 aliphatic carbocycles. The predicted octanol–water partition coefficient (Wildman–Crippen LogP) is 0.345. The van der Waals surface area contributed by atoms with Crippen LogP contribution in [0.3, 0.4) is 0 Å². The number of aliphatic hydroxyl groups is 4. The van der Waals surface area contributed by atoms with Crippen molar-refractivity contribution in [3.05, 3.63) is 0 Å². The fourth-order valence-electron chi connectivity index (χ4n) is 3.06. The molecule has 4 unspecified atom stereocenters. The highest BCUT2D eigenvalue weighted by Gasteiger charge is 2.67. The van der Waals surface area contributed by atoms with Gasteiger partial charge in [0.15, 0.2) is 6.10 Å². The number of rotatable bonds is 16. The molecule has 0 fully saturated rings. The lowest BCUT2D eigenvalue weighted by Crippen LogP contribution is -2.71. The summed E-state index contributed by atoms with van der Waals surface area (Å²) in [6.45, 7) is 2.11. The summed E-state index contributed by atoms with van der Waals surface area (Å²) in [4.78, 5) is 33.7. The molecule has 0 aromatic carbocycles. The third-order valence-electron chi connectivity index (χ3n) is 4.86. The number of carbonyl (C=O) groups is 3. The summed E-state index contributed by atoms with van der Waals surface area (Å²) >= 11 is 0. The van der Waals surface area contributed by atoms with E-state index in [0.717, 1.165) is 38.5 Å². The number of unbranched alkanes of at least 4 members (excludes halogenated alkanes) is 7. The normalized spacial score (nSPS) is 17.9. The van der Waals surface area contributed by atoms with Crippen molar-refractivity contribution in [3.8, 4) is 0 Å². The quantitative estimate of drug-likeness (QED) is 0.175. The molecule has 0 aliphatic heterocycles. The van der Waals surface area contributed by atoms with Crippen LogP contribution in [0.25, 0.3) is 0 Å². The number of carboxylic acids is 3. The highest BCUT2D eigenvalue weighted by molar-refractivity contribution is 5.95. The van der Waals surface area contributed by atoms with Gasteiger partial charge in [-0.05, 0) is 6.42 Å². The maximum atomic E-state index is 11.4. The van der Waals surface area contributed by atoms with Gasteiger partial charge in [-0.25, -0.2) is 14.4 Å². The largest absolute Gasteiger partial charge is 0.479 e. The van der Waals surface area contributed by atoms with E-state index in [1.807, 2.05) is 0 Å². The van der Waals surface area contributed by atoms with E-state index < -0.39 is 47.7 Å². The number of hydrogen-bond acceptors (Lipinski definition) is 7. The van der Waals surface area contributed by atoms with Crippen molar-refractivity contribution in [1.29, 1.82) is 0 Å². The van der Waals surface area contributed by atoms with E-state index in [1.165, 1.54) is 6.42 Å². The molecule has 0 saturated carbocycles. The van der Waals surface area contributed by atoms with Crippen molar-refractivity contribution in [2.75, 3.05) is 0 Å². The van der Waals surface area contributed by atoms with Crippen LogP contribution in [-0.2, 0) is 14.4 Å². The Morgan fingerprint density at radius 1 is 0.786 bits per heavy atom. The van der Waals surface area contributed by atoms with E-state index >= 15 is 0 Å². The van der Waals surface area contributed by atoms with Crippen LogP contribution in [0.15, 0.2) is 0 Å². The van der Waals surface area contributed by atoms with Crippen LogP contribution in [0, 0.1) is 0 Å². The van der Waals surface area contributed by atoms with Crippen LogP contribution >= 0.6 is 0 Å². The lowest BCUT2D eigenvalue weighted by molar-refractivity contribution is -0.235. The van der Waals surface area contributed by atoms with Crippen LogP contribution in [0.5, 0.6) is 0 Å². The molecular weight excluding hydrogens is 376 g/mol. The first-order chi connectivity index (χ1) is 12.9. The Morgan fingerprint density at radius 2 is 1.25 bits per heavy atom. The van der Waals surface area contributed by atoms with Crippen molar-refractivity contribution in [2.45, 2.75) is 94.5 Å². The number of carboxylic acid groups (broad SMARTS) is 3. The second-order valence-electron chi connectivity index (χ2n) is 7.10. The molecule has 0 aromatic rings. The number of aliphatic carboxylic acids is 3.